The van der Waals surface area contributed by atoms with E-state index in [1.54, 1.807) is 18.2 Å². The van der Waals surface area contributed by atoms with Gasteiger partial charge in [-0.15, -0.1) is 0 Å². The summed E-state index contributed by atoms with van der Waals surface area (Å²) in [6.45, 7) is 3.26. The molecule has 0 aromatic heterocycles. The number of aromatic hydroxyl groups is 1. The summed E-state index contributed by atoms with van der Waals surface area (Å²) in [5, 5.41) is 12.8. The maximum Gasteiger partial charge on any atom is 0.234 e. The molecular weight excluding hydrogens is 240 g/mol. The molecule has 0 saturated heterocycles. The minimum atomic E-state index is -0.0310. The van der Waals surface area contributed by atoms with Crippen molar-refractivity contribution >= 4 is 17.5 Å². The van der Waals surface area contributed by atoms with Gasteiger partial charge in [0.2, 0.25) is 5.91 Å². The van der Waals surface area contributed by atoms with E-state index in [9.17, 15) is 9.90 Å². The van der Waals surface area contributed by atoms with E-state index in [1.165, 1.54) is 0 Å². The lowest BCUT2D eigenvalue weighted by Crippen LogP contribution is -2.34. The molecule has 0 aliphatic heterocycles. The number of carbonyl (C=O) groups is 1. The number of hydrogen-bond donors (Lipinski definition) is 2. The van der Waals surface area contributed by atoms with E-state index in [1.807, 2.05) is 18.9 Å². The molecule has 0 bridgehead atoms. The summed E-state index contributed by atoms with van der Waals surface area (Å²) in [5.74, 6) is 0.0495. The molecule has 1 aromatic rings. The fourth-order valence-corrected chi connectivity index (χ4v) is 1.73. The fourth-order valence-electron chi connectivity index (χ4n) is 1.53. The van der Waals surface area contributed by atoms with E-state index in [0.717, 1.165) is 0 Å². The van der Waals surface area contributed by atoms with Crippen molar-refractivity contribution in [3.63, 3.8) is 0 Å². The highest BCUT2D eigenvalue weighted by Gasteiger charge is 2.10. The molecule has 1 amide bonds. The lowest BCUT2D eigenvalue weighted by Gasteiger charge is -2.17. The first-order valence-electron chi connectivity index (χ1n) is 5.46. The smallest absolute Gasteiger partial charge is 0.234 e. The van der Waals surface area contributed by atoms with Crippen LogP contribution in [0.15, 0.2) is 18.2 Å². The maximum absolute atomic E-state index is 11.4. The van der Waals surface area contributed by atoms with Crippen LogP contribution in [0.25, 0.3) is 0 Å². The van der Waals surface area contributed by atoms with Crippen molar-refractivity contribution in [3.8, 4) is 5.75 Å². The average molecular weight is 257 g/mol. The topological polar surface area (TPSA) is 52.6 Å². The normalized spacial score (nSPS) is 10.6. The van der Waals surface area contributed by atoms with E-state index in [4.69, 9.17) is 11.6 Å². The Labute approximate surface area is 106 Å². The Morgan fingerprint density at radius 3 is 2.88 bits per heavy atom. The van der Waals surface area contributed by atoms with Gasteiger partial charge in [-0.3, -0.25) is 9.69 Å². The van der Waals surface area contributed by atoms with Crippen LogP contribution < -0.4 is 5.32 Å². The molecule has 0 fully saturated rings. The molecule has 0 radical (unpaired) electrons. The molecule has 5 heteroatoms. The van der Waals surface area contributed by atoms with Gasteiger partial charge in [-0.1, -0.05) is 23.7 Å². The number of rotatable bonds is 5. The summed E-state index contributed by atoms with van der Waals surface area (Å²) in [6, 6.07) is 5.19. The van der Waals surface area contributed by atoms with Gasteiger partial charge >= 0.3 is 0 Å². The highest BCUT2D eigenvalue weighted by atomic mass is 35.5. The van der Waals surface area contributed by atoms with Gasteiger partial charge in [-0.2, -0.15) is 0 Å². The maximum atomic E-state index is 11.4. The van der Waals surface area contributed by atoms with Crippen LogP contribution >= 0.6 is 11.6 Å². The van der Waals surface area contributed by atoms with Crippen LogP contribution in [0, 0.1) is 0 Å². The molecule has 1 rings (SSSR count). The summed E-state index contributed by atoms with van der Waals surface area (Å²) < 4.78 is 0. The zero-order valence-electron chi connectivity index (χ0n) is 10.0. The SMILES string of the molecule is CCNC(=O)CN(C)Cc1cccc(Cl)c1O. The minimum Gasteiger partial charge on any atom is -0.506 e. The molecule has 0 saturated carbocycles. The van der Waals surface area contributed by atoms with Gasteiger partial charge in [0.15, 0.2) is 0 Å². The summed E-state index contributed by atoms with van der Waals surface area (Å²) in [6.07, 6.45) is 0. The first-order valence-corrected chi connectivity index (χ1v) is 5.84. The zero-order valence-corrected chi connectivity index (χ0v) is 10.8. The molecule has 0 aliphatic carbocycles. The lowest BCUT2D eigenvalue weighted by molar-refractivity contribution is -0.121. The molecule has 0 spiro atoms. The van der Waals surface area contributed by atoms with Gasteiger partial charge in [0.1, 0.15) is 5.75 Å². The molecule has 2 N–H and O–H groups in total. The standard InChI is InChI=1S/C12H17ClN2O2/c1-3-14-11(16)8-15(2)7-9-5-4-6-10(13)12(9)17/h4-6,17H,3,7-8H2,1-2H3,(H,14,16). The van der Waals surface area contributed by atoms with E-state index in [2.05, 4.69) is 5.32 Å². The minimum absolute atomic E-state index is 0.0310. The van der Waals surface area contributed by atoms with Gasteiger partial charge in [0, 0.05) is 18.7 Å². The molecule has 94 valence electrons. The fraction of sp³-hybridized carbons (Fsp3) is 0.417. The van der Waals surface area contributed by atoms with Crippen LogP contribution in [0.2, 0.25) is 5.02 Å². The van der Waals surface area contributed by atoms with Crippen LogP contribution in [0.1, 0.15) is 12.5 Å². The third kappa shape index (κ3) is 4.24. The predicted molar refractivity (Wildman–Crippen MR) is 68.1 cm³/mol. The Kier molecular flexibility index (Phi) is 5.25. The Morgan fingerprint density at radius 1 is 1.53 bits per heavy atom. The second-order valence-electron chi connectivity index (χ2n) is 3.87. The number of benzene rings is 1. The molecular formula is C12H17ClN2O2. The zero-order chi connectivity index (χ0) is 12.8. The number of likely N-dealkylation sites (N-methyl/N-ethyl adjacent to an activating group) is 2. The number of phenolic OH excluding ortho intramolecular Hbond substituents is 1. The third-order valence-electron chi connectivity index (χ3n) is 2.30. The summed E-state index contributed by atoms with van der Waals surface area (Å²) in [7, 11) is 1.82. The molecule has 0 aliphatic rings. The quantitative estimate of drug-likeness (QED) is 0.842. The Bertz CT molecular complexity index is 396. The number of para-hydroxylation sites is 1. The number of hydrogen-bond acceptors (Lipinski definition) is 3. The first-order chi connectivity index (χ1) is 8.04. The molecule has 0 unspecified atom stereocenters. The molecule has 1 aromatic carbocycles. The monoisotopic (exact) mass is 256 g/mol. The van der Waals surface area contributed by atoms with Crippen LogP contribution in [-0.4, -0.2) is 36.1 Å². The summed E-state index contributed by atoms with van der Waals surface area (Å²) in [5.41, 5.74) is 0.712. The van der Waals surface area contributed by atoms with E-state index in [0.29, 0.717) is 30.2 Å². The molecule has 0 atom stereocenters. The van der Waals surface area contributed by atoms with Crippen molar-refractivity contribution in [2.24, 2.45) is 0 Å². The van der Waals surface area contributed by atoms with Crippen LogP contribution in [0.4, 0.5) is 0 Å². The van der Waals surface area contributed by atoms with Crippen LogP contribution in [0.5, 0.6) is 5.75 Å². The Hall–Kier alpha value is -1.26. The summed E-state index contributed by atoms with van der Waals surface area (Å²) >= 11 is 5.80. The largest absolute Gasteiger partial charge is 0.506 e. The van der Waals surface area contributed by atoms with Gasteiger partial charge < -0.3 is 10.4 Å². The van der Waals surface area contributed by atoms with Gasteiger partial charge in [-0.25, -0.2) is 0 Å². The number of nitrogens with one attached hydrogen (secondary N) is 1. The summed E-state index contributed by atoms with van der Waals surface area (Å²) in [4.78, 5) is 13.2. The van der Waals surface area contributed by atoms with Gasteiger partial charge in [0.25, 0.3) is 0 Å². The Balaban J connectivity index is 2.59. The second-order valence-corrected chi connectivity index (χ2v) is 4.28. The second kappa shape index (κ2) is 6.47. The van der Waals surface area contributed by atoms with Crippen molar-refractivity contribution in [1.29, 1.82) is 0 Å². The van der Waals surface area contributed by atoms with Crippen LogP contribution in [0.3, 0.4) is 0 Å². The number of nitrogens with zero attached hydrogens (tertiary/aromatic N) is 1. The van der Waals surface area contributed by atoms with E-state index >= 15 is 0 Å². The molecule has 17 heavy (non-hydrogen) atoms. The van der Waals surface area contributed by atoms with Crippen molar-refractivity contribution in [2.75, 3.05) is 20.1 Å². The highest BCUT2D eigenvalue weighted by molar-refractivity contribution is 6.32. The van der Waals surface area contributed by atoms with Crippen molar-refractivity contribution in [3.05, 3.63) is 28.8 Å². The number of phenols is 1. The first kappa shape index (κ1) is 13.8. The number of halogens is 1. The lowest BCUT2D eigenvalue weighted by atomic mass is 10.2. The third-order valence-corrected chi connectivity index (χ3v) is 2.60. The van der Waals surface area contributed by atoms with Gasteiger partial charge in [0.05, 0.1) is 11.6 Å². The van der Waals surface area contributed by atoms with E-state index < -0.39 is 0 Å². The number of carbonyl (C=O) groups excluding carboxylic acids is 1. The Morgan fingerprint density at radius 2 is 2.24 bits per heavy atom. The molecule has 0 heterocycles. The van der Waals surface area contributed by atoms with E-state index in [-0.39, 0.29) is 11.7 Å². The van der Waals surface area contributed by atoms with Crippen molar-refractivity contribution < 1.29 is 9.90 Å². The van der Waals surface area contributed by atoms with Crippen molar-refractivity contribution in [2.45, 2.75) is 13.5 Å². The van der Waals surface area contributed by atoms with Crippen LogP contribution in [-0.2, 0) is 11.3 Å². The van der Waals surface area contributed by atoms with Gasteiger partial charge in [-0.05, 0) is 20.0 Å². The number of amides is 1. The predicted octanol–water partition coefficient (Wildman–Crippen LogP) is 1.61. The van der Waals surface area contributed by atoms with Crippen molar-refractivity contribution in [1.82, 2.24) is 10.2 Å². The highest BCUT2D eigenvalue weighted by Crippen LogP contribution is 2.27. The average Bonchev–Trinajstić information content (AvgIpc) is 2.25. The molecule has 4 nitrogen and oxygen atoms in total.